The minimum Gasteiger partial charge on any atom is -0.465 e. The molecule has 1 amide bonds. The Hall–Kier alpha value is -3.68. The monoisotopic (exact) mass is 448 g/mol. The van der Waals surface area contributed by atoms with Crippen LogP contribution in [0, 0.1) is 0 Å². The number of amides is 1. The smallest absolute Gasteiger partial charge is 0.407 e. The molecular formula is C25H28N4O4. The fourth-order valence-corrected chi connectivity index (χ4v) is 3.85. The number of carbonyl (C=O) groups is 1. The van der Waals surface area contributed by atoms with Crippen molar-refractivity contribution in [2.24, 2.45) is 5.16 Å². The van der Waals surface area contributed by atoms with E-state index in [0.29, 0.717) is 37.8 Å². The van der Waals surface area contributed by atoms with E-state index >= 15 is 0 Å². The van der Waals surface area contributed by atoms with Gasteiger partial charge >= 0.3 is 6.09 Å². The van der Waals surface area contributed by atoms with E-state index in [1.54, 1.807) is 0 Å². The summed E-state index contributed by atoms with van der Waals surface area (Å²) >= 11 is 0. The molecule has 1 aromatic heterocycles. The molecule has 0 spiro atoms. The molecule has 0 bridgehead atoms. The quantitative estimate of drug-likeness (QED) is 0.282. The second kappa shape index (κ2) is 10.8. The molecule has 1 fully saturated rings. The highest BCUT2D eigenvalue weighted by molar-refractivity contribution is 5.98. The van der Waals surface area contributed by atoms with E-state index in [1.807, 2.05) is 37.3 Å². The summed E-state index contributed by atoms with van der Waals surface area (Å²) in [6, 6.07) is 18.2. The molecule has 172 valence electrons. The largest absolute Gasteiger partial charge is 0.465 e. The minimum atomic E-state index is -0.916. The molecule has 2 heterocycles. The molecule has 4 rings (SSSR count). The van der Waals surface area contributed by atoms with Gasteiger partial charge in [0.05, 0.1) is 11.6 Å². The number of oxime groups is 1. The second-order valence-corrected chi connectivity index (χ2v) is 8.20. The summed E-state index contributed by atoms with van der Waals surface area (Å²) in [6.07, 6.45) is 2.84. The molecule has 1 atom stereocenters. The van der Waals surface area contributed by atoms with Gasteiger partial charge < -0.3 is 19.4 Å². The van der Waals surface area contributed by atoms with Gasteiger partial charge in [-0.05, 0) is 43.7 Å². The van der Waals surface area contributed by atoms with Crippen LogP contribution in [-0.4, -0.2) is 51.6 Å². The van der Waals surface area contributed by atoms with E-state index in [-0.39, 0.29) is 5.92 Å². The van der Waals surface area contributed by atoms with Crippen LogP contribution in [0.4, 0.5) is 4.79 Å². The Morgan fingerprint density at radius 1 is 1.18 bits per heavy atom. The van der Waals surface area contributed by atoms with Crippen LogP contribution in [0.2, 0.25) is 0 Å². The second-order valence-electron chi connectivity index (χ2n) is 8.20. The molecule has 3 aromatic rings. The average molecular weight is 449 g/mol. The number of carboxylic acid groups (broad SMARTS) is 1. The number of unbranched alkanes of at least 4 members (excludes halogenated alkanes) is 1. The lowest BCUT2D eigenvalue weighted by Crippen LogP contribution is -2.26. The average Bonchev–Trinajstić information content (AvgIpc) is 3.52. The fraction of sp³-hybridized carbons (Fsp3) is 0.360. The summed E-state index contributed by atoms with van der Waals surface area (Å²) in [7, 11) is 0. The summed E-state index contributed by atoms with van der Waals surface area (Å²) in [5.74, 6) is 0.923. The number of benzene rings is 2. The first-order chi connectivity index (χ1) is 16.1. The van der Waals surface area contributed by atoms with Crippen molar-refractivity contribution >= 4 is 11.8 Å². The van der Waals surface area contributed by atoms with E-state index in [9.17, 15) is 4.79 Å². The van der Waals surface area contributed by atoms with Crippen molar-refractivity contribution in [2.75, 3.05) is 19.7 Å². The lowest BCUT2D eigenvalue weighted by atomic mass is 10.1. The Balaban J connectivity index is 1.25. The van der Waals surface area contributed by atoms with Gasteiger partial charge in [0.15, 0.2) is 0 Å². The number of hydrogen-bond acceptors (Lipinski definition) is 6. The molecule has 8 heteroatoms. The van der Waals surface area contributed by atoms with Crippen LogP contribution < -0.4 is 0 Å². The molecule has 33 heavy (non-hydrogen) atoms. The van der Waals surface area contributed by atoms with E-state index in [2.05, 4.69) is 39.6 Å². The fourth-order valence-electron chi connectivity index (χ4n) is 3.85. The van der Waals surface area contributed by atoms with E-state index in [0.717, 1.165) is 36.1 Å². The number of likely N-dealkylation sites (tertiary alicyclic amines) is 1. The molecule has 0 radical (unpaired) electrons. The number of nitrogens with zero attached hydrogens (tertiary/aromatic N) is 4. The van der Waals surface area contributed by atoms with Crippen molar-refractivity contribution in [2.45, 2.75) is 38.5 Å². The third-order valence-corrected chi connectivity index (χ3v) is 5.81. The predicted octanol–water partition coefficient (Wildman–Crippen LogP) is 4.97. The molecule has 0 saturated carbocycles. The maximum absolute atomic E-state index is 11.1. The van der Waals surface area contributed by atoms with Crippen molar-refractivity contribution in [3.05, 3.63) is 71.6 Å². The van der Waals surface area contributed by atoms with Crippen LogP contribution in [-0.2, 0) is 11.3 Å². The van der Waals surface area contributed by atoms with E-state index < -0.39 is 6.09 Å². The van der Waals surface area contributed by atoms with Gasteiger partial charge in [0.25, 0.3) is 0 Å². The summed E-state index contributed by atoms with van der Waals surface area (Å²) in [4.78, 5) is 22.4. The van der Waals surface area contributed by atoms with Crippen LogP contribution >= 0.6 is 0 Å². The zero-order valence-corrected chi connectivity index (χ0v) is 18.7. The normalized spacial score (nSPS) is 16.2. The molecule has 1 aliphatic heterocycles. The van der Waals surface area contributed by atoms with Gasteiger partial charge in [-0.2, -0.15) is 4.98 Å². The summed E-state index contributed by atoms with van der Waals surface area (Å²) < 4.78 is 5.40. The van der Waals surface area contributed by atoms with Crippen molar-refractivity contribution in [3.8, 4) is 11.4 Å². The van der Waals surface area contributed by atoms with Crippen LogP contribution in [0.5, 0.6) is 0 Å². The highest BCUT2D eigenvalue weighted by atomic mass is 16.6. The first-order valence-electron chi connectivity index (χ1n) is 11.2. The third-order valence-electron chi connectivity index (χ3n) is 5.81. The SMILES string of the molecule is CC(=NOCCCCc1ccccc1)c1ccc(-c2noc([C@@H]3CCN(C(=O)O)C3)n2)cc1. The van der Waals surface area contributed by atoms with Crippen LogP contribution in [0.1, 0.15) is 49.1 Å². The molecule has 1 saturated heterocycles. The zero-order valence-electron chi connectivity index (χ0n) is 18.7. The van der Waals surface area contributed by atoms with Crippen molar-refractivity contribution < 1.29 is 19.3 Å². The number of aryl methyl sites for hydroxylation is 1. The van der Waals surface area contributed by atoms with E-state index in [4.69, 9.17) is 14.5 Å². The molecule has 8 nitrogen and oxygen atoms in total. The zero-order chi connectivity index (χ0) is 23.0. The minimum absolute atomic E-state index is 0.0548. The Morgan fingerprint density at radius 3 is 2.70 bits per heavy atom. The lowest BCUT2D eigenvalue weighted by molar-refractivity contribution is 0.140. The van der Waals surface area contributed by atoms with Gasteiger partial charge in [-0.25, -0.2) is 4.79 Å². The molecule has 0 aliphatic carbocycles. The van der Waals surface area contributed by atoms with Crippen LogP contribution in [0.15, 0.2) is 64.3 Å². The maximum Gasteiger partial charge on any atom is 0.407 e. The molecule has 1 aliphatic rings. The van der Waals surface area contributed by atoms with Gasteiger partial charge in [0.1, 0.15) is 6.61 Å². The highest BCUT2D eigenvalue weighted by Crippen LogP contribution is 2.28. The Morgan fingerprint density at radius 2 is 1.97 bits per heavy atom. The Kier molecular flexibility index (Phi) is 7.34. The molecular weight excluding hydrogens is 420 g/mol. The van der Waals surface area contributed by atoms with Crippen molar-refractivity contribution in [3.63, 3.8) is 0 Å². The Labute approximate surface area is 192 Å². The Bertz CT molecular complexity index is 1080. The summed E-state index contributed by atoms with van der Waals surface area (Å²) in [5.41, 5.74) is 3.94. The van der Waals surface area contributed by atoms with Gasteiger partial charge in [-0.3, -0.25) is 0 Å². The van der Waals surface area contributed by atoms with E-state index in [1.165, 1.54) is 10.5 Å². The number of rotatable bonds is 9. The number of aromatic nitrogens is 2. The summed E-state index contributed by atoms with van der Waals surface area (Å²) in [5, 5.41) is 17.4. The maximum atomic E-state index is 11.1. The molecule has 0 unspecified atom stereocenters. The van der Waals surface area contributed by atoms with Crippen LogP contribution in [0.25, 0.3) is 11.4 Å². The van der Waals surface area contributed by atoms with Gasteiger partial charge in [-0.15, -0.1) is 0 Å². The summed E-state index contributed by atoms with van der Waals surface area (Å²) in [6.45, 7) is 3.38. The van der Waals surface area contributed by atoms with Gasteiger partial charge in [-0.1, -0.05) is 64.9 Å². The highest BCUT2D eigenvalue weighted by Gasteiger charge is 2.31. The van der Waals surface area contributed by atoms with Crippen molar-refractivity contribution in [1.82, 2.24) is 15.0 Å². The third kappa shape index (κ3) is 5.97. The standard InChI is InChI=1S/C25H28N4O4/c1-18(27-32-16-6-5-9-19-7-3-2-4-8-19)20-10-12-21(13-11-20)23-26-24(33-28-23)22-14-15-29(17-22)25(30)31/h2-4,7-8,10-13,22H,5-6,9,14-17H2,1H3,(H,30,31)/t22-/m1/s1. The van der Waals surface area contributed by atoms with Crippen LogP contribution in [0.3, 0.4) is 0 Å². The lowest BCUT2D eigenvalue weighted by Gasteiger charge is -2.09. The van der Waals surface area contributed by atoms with Crippen molar-refractivity contribution in [1.29, 1.82) is 0 Å². The number of hydrogen-bond donors (Lipinski definition) is 1. The molecule has 1 N–H and O–H groups in total. The first-order valence-corrected chi connectivity index (χ1v) is 11.2. The first kappa shape index (κ1) is 22.5. The molecule has 2 aromatic carbocycles. The predicted molar refractivity (Wildman–Crippen MR) is 124 cm³/mol. The topological polar surface area (TPSA) is 101 Å². The van der Waals surface area contributed by atoms with Gasteiger partial charge in [0.2, 0.25) is 11.7 Å². The van der Waals surface area contributed by atoms with Gasteiger partial charge in [0, 0.05) is 18.7 Å².